The van der Waals surface area contributed by atoms with Crippen molar-refractivity contribution in [3.05, 3.63) is 59.4 Å². The molecule has 128 valence electrons. The quantitative estimate of drug-likeness (QED) is 0.784. The number of amides is 1. The first kappa shape index (κ1) is 15.9. The summed E-state index contributed by atoms with van der Waals surface area (Å²) in [6.07, 6.45) is 5.33. The molecule has 0 radical (unpaired) electrons. The molecule has 1 fully saturated rings. The number of benzene rings is 1. The van der Waals surface area contributed by atoms with E-state index in [9.17, 15) is 4.79 Å². The summed E-state index contributed by atoms with van der Waals surface area (Å²) in [7, 11) is 0. The van der Waals surface area contributed by atoms with Gasteiger partial charge in [-0.15, -0.1) is 0 Å². The second-order valence-electron chi connectivity index (χ2n) is 6.15. The highest BCUT2D eigenvalue weighted by atomic mass is 35.5. The summed E-state index contributed by atoms with van der Waals surface area (Å²) in [5, 5.41) is 8.02. The van der Waals surface area contributed by atoms with Crippen LogP contribution in [-0.4, -0.2) is 39.6 Å². The Morgan fingerprint density at radius 3 is 2.80 bits per heavy atom. The van der Waals surface area contributed by atoms with E-state index >= 15 is 0 Å². The minimum absolute atomic E-state index is 0.0701. The Kier molecular flexibility index (Phi) is 4.28. The Balaban J connectivity index is 1.40. The molecule has 7 heteroatoms. The monoisotopic (exact) mass is 355 g/mol. The minimum Gasteiger partial charge on any atom is -0.356 e. The Morgan fingerprint density at radius 2 is 2.00 bits per heavy atom. The Morgan fingerprint density at radius 1 is 1.16 bits per heavy atom. The molecule has 1 aromatic carbocycles. The molecule has 0 aliphatic carbocycles. The van der Waals surface area contributed by atoms with Gasteiger partial charge in [0.2, 0.25) is 0 Å². The molecule has 3 heterocycles. The lowest BCUT2D eigenvalue weighted by molar-refractivity contribution is 0.0931. The van der Waals surface area contributed by atoms with E-state index in [2.05, 4.69) is 20.3 Å². The second kappa shape index (κ2) is 6.72. The van der Waals surface area contributed by atoms with Crippen LogP contribution >= 0.6 is 11.6 Å². The van der Waals surface area contributed by atoms with Gasteiger partial charge in [0.05, 0.1) is 6.20 Å². The summed E-state index contributed by atoms with van der Waals surface area (Å²) in [6.45, 7) is 1.72. The first-order chi connectivity index (χ1) is 12.2. The van der Waals surface area contributed by atoms with Gasteiger partial charge in [-0.1, -0.05) is 17.7 Å². The third-order valence-electron chi connectivity index (χ3n) is 4.51. The normalized spacial score (nSPS) is 15.5. The fourth-order valence-corrected chi connectivity index (χ4v) is 3.40. The molecule has 1 saturated heterocycles. The van der Waals surface area contributed by atoms with E-state index in [-0.39, 0.29) is 11.9 Å². The fourth-order valence-electron chi connectivity index (χ4n) is 3.21. The predicted molar refractivity (Wildman–Crippen MR) is 97.1 cm³/mol. The maximum absolute atomic E-state index is 12.4. The van der Waals surface area contributed by atoms with Gasteiger partial charge >= 0.3 is 0 Å². The zero-order valence-corrected chi connectivity index (χ0v) is 14.4. The average molecular weight is 356 g/mol. The molecule has 1 N–H and O–H groups in total. The van der Waals surface area contributed by atoms with Crippen LogP contribution in [0.1, 0.15) is 23.2 Å². The number of anilines is 1. The Labute approximate surface area is 150 Å². The maximum Gasteiger partial charge on any atom is 0.251 e. The van der Waals surface area contributed by atoms with Crippen LogP contribution in [0.4, 0.5) is 5.82 Å². The lowest BCUT2D eigenvalue weighted by Crippen LogP contribution is -2.45. The molecule has 0 spiro atoms. The lowest BCUT2D eigenvalue weighted by Gasteiger charge is -2.33. The number of hydrogen-bond acceptors (Lipinski definition) is 4. The highest BCUT2D eigenvalue weighted by molar-refractivity contribution is 6.30. The average Bonchev–Trinajstić information content (AvgIpc) is 3.11. The largest absolute Gasteiger partial charge is 0.356 e. The van der Waals surface area contributed by atoms with E-state index in [1.807, 2.05) is 16.6 Å². The molecule has 0 bridgehead atoms. The van der Waals surface area contributed by atoms with Crippen LogP contribution in [0.15, 0.2) is 48.8 Å². The van der Waals surface area contributed by atoms with Crippen LogP contribution in [0.25, 0.3) is 5.65 Å². The van der Waals surface area contributed by atoms with Crippen molar-refractivity contribution in [2.24, 2.45) is 0 Å². The second-order valence-corrected chi connectivity index (χ2v) is 6.59. The predicted octanol–water partition coefficient (Wildman–Crippen LogP) is 2.78. The molecule has 0 atom stereocenters. The molecule has 0 saturated carbocycles. The molecule has 3 aromatic rings. The number of fused-ring (bicyclic) bond motifs is 1. The zero-order valence-electron chi connectivity index (χ0n) is 13.6. The standard InChI is InChI=1S/C18H18ClN5O/c19-14-3-1-2-13(12-14)18(25)22-15-6-10-23(11-7-15)17-5-8-20-16-4-9-21-24(16)17/h1-5,8-9,12,15H,6-7,10-11H2,(H,22,25). The molecule has 1 amide bonds. The molecule has 6 nitrogen and oxygen atoms in total. The number of carbonyl (C=O) groups is 1. The fraction of sp³-hybridized carbons (Fsp3) is 0.278. The Bertz CT molecular complexity index is 901. The third-order valence-corrected chi connectivity index (χ3v) is 4.75. The Hall–Kier alpha value is -2.60. The molecule has 25 heavy (non-hydrogen) atoms. The third kappa shape index (κ3) is 3.30. The van der Waals surface area contributed by atoms with Crippen LogP contribution in [0.3, 0.4) is 0 Å². The van der Waals surface area contributed by atoms with E-state index in [4.69, 9.17) is 11.6 Å². The van der Waals surface area contributed by atoms with Gasteiger partial charge in [-0.05, 0) is 37.1 Å². The zero-order chi connectivity index (χ0) is 17.2. The number of carbonyl (C=O) groups excluding carboxylic acids is 1. The number of rotatable bonds is 3. The summed E-state index contributed by atoms with van der Waals surface area (Å²) >= 11 is 5.96. The molecule has 1 aliphatic heterocycles. The van der Waals surface area contributed by atoms with Crippen LogP contribution in [0, 0.1) is 0 Å². The molecule has 1 aliphatic rings. The lowest BCUT2D eigenvalue weighted by atomic mass is 10.0. The molecule has 2 aromatic heterocycles. The van der Waals surface area contributed by atoms with Crippen molar-refractivity contribution in [2.45, 2.75) is 18.9 Å². The highest BCUT2D eigenvalue weighted by Crippen LogP contribution is 2.20. The summed E-state index contributed by atoms with van der Waals surface area (Å²) in [5.41, 5.74) is 1.44. The topological polar surface area (TPSA) is 62.5 Å². The maximum atomic E-state index is 12.4. The number of nitrogens with zero attached hydrogens (tertiary/aromatic N) is 4. The molecule has 0 unspecified atom stereocenters. The van der Waals surface area contributed by atoms with E-state index < -0.39 is 0 Å². The number of nitrogens with one attached hydrogen (secondary N) is 1. The number of hydrogen-bond donors (Lipinski definition) is 1. The minimum atomic E-state index is -0.0701. The van der Waals surface area contributed by atoms with Crippen molar-refractivity contribution in [2.75, 3.05) is 18.0 Å². The van der Waals surface area contributed by atoms with Gasteiger partial charge in [0.25, 0.3) is 5.91 Å². The molecular weight excluding hydrogens is 338 g/mol. The smallest absolute Gasteiger partial charge is 0.251 e. The van der Waals surface area contributed by atoms with Crippen molar-refractivity contribution in [1.82, 2.24) is 19.9 Å². The summed E-state index contributed by atoms with van der Waals surface area (Å²) < 4.78 is 1.85. The molecule has 4 rings (SSSR count). The SMILES string of the molecule is O=C(NC1CCN(c2ccnc3ccnn23)CC1)c1cccc(Cl)c1. The van der Waals surface area contributed by atoms with E-state index in [1.54, 1.807) is 36.7 Å². The summed E-state index contributed by atoms with van der Waals surface area (Å²) in [5.74, 6) is 0.967. The van der Waals surface area contributed by atoms with Crippen LogP contribution < -0.4 is 10.2 Å². The van der Waals surface area contributed by atoms with Crippen LogP contribution in [0.5, 0.6) is 0 Å². The van der Waals surface area contributed by atoms with Gasteiger partial charge in [0, 0.05) is 42.0 Å². The first-order valence-corrected chi connectivity index (χ1v) is 8.68. The number of aromatic nitrogens is 3. The van der Waals surface area contributed by atoms with E-state index in [1.165, 1.54) is 0 Å². The van der Waals surface area contributed by atoms with Gasteiger partial charge in [0.15, 0.2) is 5.65 Å². The summed E-state index contributed by atoms with van der Waals surface area (Å²) in [6, 6.07) is 11.1. The van der Waals surface area contributed by atoms with Gasteiger partial charge < -0.3 is 10.2 Å². The van der Waals surface area contributed by atoms with Gasteiger partial charge in [-0.3, -0.25) is 4.79 Å². The van der Waals surface area contributed by atoms with E-state index in [0.29, 0.717) is 10.6 Å². The number of halogens is 1. The first-order valence-electron chi connectivity index (χ1n) is 8.31. The van der Waals surface area contributed by atoms with Gasteiger partial charge in [-0.25, -0.2) is 4.98 Å². The van der Waals surface area contributed by atoms with Crippen molar-refractivity contribution >= 4 is 29.0 Å². The van der Waals surface area contributed by atoms with E-state index in [0.717, 1.165) is 37.4 Å². The molecular formula is C18H18ClN5O. The van der Waals surface area contributed by atoms with Crippen LogP contribution in [0.2, 0.25) is 5.02 Å². The van der Waals surface area contributed by atoms with Crippen molar-refractivity contribution < 1.29 is 4.79 Å². The highest BCUT2D eigenvalue weighted by Gasteiger charge is 2.23. The van der Waals surface area contributed by atoms with Gasteiger partial charge in [-0.2, -0.15) is 9.61 Å². The van der Waals surface area contributed by atoms with Crippen molar-refractivity contribution in [1.29, 1.82) is 0 Å². The number of piperidine rings is 1. The van der Waals surface area contributed by atoms with Crippen molar-refractivity contribution in [3.63, 3.8) is 0 Å². The summed E-state index contributed by atoms with van der Waals surface area (Å²) in [4.78, 5) is 18.9. The van der Waals surface area contributed by atoms with Crippen molar-refractivity contribution in [3.8, 4) is 0 Å². The van der Waals surface area contributed by atoms with Gasteiger partial charge in [0.1, 0.15) is 5.82 Å². The van der Waals surface area contributed by atoms with Crippen LogP contribution in [-0.2, 0) is 0 Å².